The second-order valence-electron chi connectivity index (χ2n) is 6.90. The lowest BCUT2D eigenvalue weighted by molar-refractivity contribution is 0.0398. The predicted octanol–water partition coefficient (Wildman–Crippen LogP) is 3.55. The Morgan fingerprint density at radius 1 is 1.05 bits per heavy atom. The predicted molar refractivity (Wildman–Crippen MR) is 91.5 cm³/mol. The number of aliphatic hydroxyl groups excluding tert-OH is 1. The summed E-state index contributed by atoms with van der Waals surface area (Å²) in [6.45, 7) is 8.14. The van der Waals surface area contributed by atoms with Crippen LogP contribution in [0.1, 0.15) is 78.1 Å². The van der Waals surface area contributed by atoms with Gasteiger partial charge in [0, 0.05) is 18.7 Å². The Morgan fingerprint density at radius 3 is 2.24 bits per heavy atom. The molecular weight excluding hydrogens is 260 g/mol. The first-order valence-electron chi connectivity index (χ1n) is 9.28. The maximum absolute atomic E-state index is 8.86. The van der Waals surface area contributed by atoms with Crippen LogP contribution in [-0.2, 0) is 0 Å². The minimum Gasteiger partial charge on any atom is -0.396 e. The SMILES string of the molecule is CCCN(CCCCCCO)C1(CN)CCC(CC)CC1. The highest BCUT2D eigenvalue weighted by molar-refractivity contribution is 4.95. The highest BCUT2D eigenvalue weighted by Gasteiger charge is 2.38. The lowest BCUT2D eigenvalue weighted by atomic mass is 9.74. The number of aliphatic hydroxyl groups is 1. The van der Waals surface area contributed by atoms with Gasteiger partial charge in [0.1, 0.15) is 0 Å². The van der Waals surface area contributed by atoms with Crippen molar-refractivity contribution in [1.82, 2.24) is 4.90 Å². The molecule has 0 aromatic heterocycles. The second-order valence-corrected chi connectivity index (χ2v) is 6.90. The van der Waals surface area contributed by atoms with E-state index >= 15 is 0 Å². The number of hydrogen-bond donors (Lipinski definition) is 2. The van der Waals surface area contributed by atoms with E-state index in [9.17, 15) is 0 Å². The van der Waals surface area contributed by atoms with Gasteiger partial charge in [-0.05, 0) is 64.0 Å². The van der Waals surface area contributed by atoms with Crippen LogP contribution in [0.5, 0.6) is 0 Å². The van der Waals surface area contributed by atoms with Gasteiger partial charge in [0.2, 0.25) is 0 Å². The zero-order valence-electron chi connectivity index (χ0n) is 14.4. The lowest BCUT2D eigenvalue weighted by Crippen LogP contribution is -2.56. The average molecular weight is 299 g/mol. The molecule has 0 atom stereocenters. The Hall–Kier alpha value is -0.120. The molecule has 21 heavy (non-hydrogen) atoms. The Labute approximate surface area is 132 Å². The van der Waals surface area contributed by atoms with Crippen molar-refractivity contribution in [1.29, 1.82) is 0 Å². The third-order valence-corrected chi connectivity index (χ3v) is 5.49. The third-order valence-electron chi connectivity index (χ3n) is 5.49. The largest absolute Gasteiger partial charge is 0.396 e. The summed E-state index contributed by atoms with van der Waals surface area (Å²) in [5.41, 5.74) is 6.51. The Bertz CT molecular complexity index is 250. The van der Waals surface area contributed by atoms with Crippen LogP contribution in [0.3, 0.4) is 0 Å². The van der Waals surface area contributed by atoms with Crippen molar-refractivity contribution in [2.24, 2.45) is 11.7 Å². The smallest absolute Gasteiger partial charge is 0.0431 e. The van der Waals surface area contributed by atoms with Gasteiger partial charge in [0.15, 0.2) is 0 Å². The first kappa shape index (κ1) is 18.9. The summed E-state index contributed by atoms with van der Waals surface area (Å²) in [5, 5.41) is 8.86. The minimum absolute atomic E-state index is 0.276. The quantitative estimate of drug-likeness (QED) is 0.574. The first-order chi connectivity index (χ1) is 10.2. The van der Waals surface area contributed by atoms with Crippen molar-refractivity contribution in [3.8, 4) is 0 Å². The molecule has 126 valence electrons. The van der Waals surface area contributed by atoms with E-state index in [1.807, 2.05) is 0 Å². The van der Waals surface area contributed by atoms with Crippen molar-refractivity contribution in [2.75, 3.05) is 26.2 Å². The zero-order valence-corrected chi connectivity index (χ0v) is 14.4. The van der Waals surface area contributed by atoms with Gasteiger partial charge >= 0.3 is 0 Å². The van der Waals surface area contributed by atoms with Gasteiger partial charge in [0.05, 0.1) is 0 Å². The summed E-state index contributed by atoms with van der Waals surface area (Å²) in [6, 6.07) is 0. The normalized spacial score (nSPS) is 26.4. The van der Waals surface area contributed by atoms with E-state index in [1.54, 1.807) is 0 Å². The van der Waals surface area contributed by atoms with Crippen LogP contribution < -0.4 is 5.73 Å². The number of rotatable bonds is 11. The summed E-state index contributed by atoms with van der Waals surface area (Å²) in [5.74, 6) is 0.928. The van der Waals surface area contributed by atoms with E-state index in [-0.39, 0.29) is 5.54 Å². The topological polar surface area (TPSA) is 49.5 Å². The fraction of sp³-hybridized carbons (Fsp3) is 1.00. The molecule has 1 aliphatic rings. The zero-order chi connectivity index (χ0) is 15.6. The van der Waals surface area contributed by atoms with Gasteiger partial charge < -0.3 is 10.8 Å². The molecule has 0 radical (unpaired) electrons. The second kappa shape index (κ2) is 10.6. The van der Waals surface area contributed by atoms with E-state index in [4.69, 9.17) is 10.8 Å². The van der Waals surface area contributed by atoms with Crippen LogP contribution in [0.4, 0.5) is 0 Å². The Morgan fingerprint density at radius 2 is 1.71 bits per heavy atom. The Kier molecular flexibility index (Phi) is 9.54. The van der Waals surface area contributed by atoms with Crippen LogP contribution >= 0.6 is 0 Å². The van der Waals surface area contributed by atoms with Crippen molar-refractivity contribution < 1.29 is 5.11 Å². The minimum atomic E-state index is 0.276. The molecule has 1 saturated carbocycles. The number of nitrogens with two attached hydrogens (primary N) is 1. The molecule has 3 nitrogen and oxygen atoms in total. The fourth-order valence-electron chi connectivity index (χ4n) is 3.90. The van der Waals surface area contributed by atoms with E-state index in [0.717, 1.165) is 25.3 Å². The van der Waals surface area contributed by atoms with Gasteiger partial charge in [-0.2, -0.15) is 0 Å². The molecule has 3 heteroatoms. The molecule has 0 unspecified atom stereocenters. The highest BCUT2D eigenvalue weighted by Crippen LogP contribution is 2.37. The first-order valence-corrected chi connectivity index (χ1v) is 9.28. The molecule has 0 spiro atoms. The number of unbranched alkanes of at least 4 members (excludes halogenated alkanes) is 3. The standard InChI is InChI=1S/C18H38N2O/c1-3-13-20(14-7-5-6-8-15-21)18(16-19)11-9-17(4-2)10-12-18/h17,21H,3-16,19H2,1-2H3. The molecule has 0 saturated heterocycles. The van der Waals surface area contributed by atoms with Crippen molar-refractivity contribution in [3.05, 3.63) is 0 Å². The Balaban J connectivity index is 2.50. The molecule has 1 rings (SSSR count). The van der Waals surface area contributed by atoms with E-state index in [2.05, 4.69) is 18.7 Å². The van der Waals surface area contributed by atoms with E-state index < -0.39 is 0 Å². The van der Waals surface area contributed by atoms with Crippen LogP contribution in [0.2, 0.25) is 0 Å². The fourth-order valence-corrected chi connectivity index (χ4v) is 3.90. The van der Waals surface area contributed by atoms with Gasteiger partial charge in [-0.25, -0.2) is 0 Å². The summed E-state index contributed by atoms with van der Waals surface area (Å²) >= 11 is 0. The molecule has 0 bridgehead atoms. The molecule has 1 fully saturated rings. The summed E-state index contributed by atoms with van der Waals surface area (Å²) < 4.78 is 0. The van der Waals surface area contributed by atoms with Gasteiger partial charge in [-0.15, -0.1) is 0 Å². The van der Waals surface area contributed by atoms with Crippen molar-refractivity contribution >= 4 is 0 Å². The van der Waals surface area contributed by atoms with E-state index in [0.29, 0.717) is 6.61 Å². The molecule has 0 amide bonds. The summed E-state index contributed by atoms with van der Waals surface area (Å²) in [4.78, 5) is 2.71. The van der Waals surface area contributed by atoms with Gasteiger partial charge in [0.25, 0.3) is 0 Å². The van der Waals surface area contributed by atoms with Crippen LogP contribution in [0.15, 0.2) is 0 Å². The van der Waals surface area contributed by atoms with Crippen molar-refractivity contribution in [2.45, 2.75) is 83.6 Å². The summed E-state index contributed by atoms with van der Waals surface area (Å²) in [6.07, 6.45) is 12.4. The molecular formula is C18H38N2O. The molecule has 1 aliphatic carbocycles. The molecule has 0 aromatic rings. The summed E-state index contributed by atoms with van der Waals surface area (Å²) in [7, 11) is 0. The van der Waals surface area contributed by atoms with Crippen LogP contribution in [0, 0.1) is 5.92 Å². The number of hydrogen-bond acceptors (Lipinski definition) is 3. The molecule has 0 aliphatic heterocycles. The van der Waals surface area contributed by atoms with E-state index in [1.165, 1.54) is 64.5 Å². The van der Waals surface area contributed by atoms with Gasteiger partial charge in [-0.1, -0.05) is 33.1 Å². The van der Waals surface area contributed by atoms with Crippen molar-refractivity contribution in [3.63, 3.8) is 0 Å². The van der Waals surface area contributed by atoms with Crippen LogP contribution in [-0.4, -0.2) is 41.8 Å². The molecule has 3 N–H and O–H groups in total. The highest BCUT2D eigenvalue weighted by atomic mass is 16.2. The van der Waals surface area contributed by atoms with Crippen LogP contribution in [0.25, 0.3) is 0 Å². The van der Waals surface area contributed by atoms with Gasteiger partial charge in [-0.3, -0.25) is 4.90 Å². The molecule has 0 aromatic carbocycles. The maximum atomic E-state index is 8.86. The molecule has 0 heterocycles. The third kappa shape index (κ3) is 5.88. The number of nitrogens with zero attached hydrogens (tertiary/aromatic N) is 1. The average Bonchev–Trinajstić information content (AvgIpc) is 2.53. The maximum Gasteiger partial charge on any atom is 0.0431 e. The monoisotopic (exact) mass is 298 g/mol. The lowest BCUT2D eigenvalue weighted by Gasteiger charge is -2.48.